The van der Waals surface area contributed by atoms with E-state index >= 15 is 0 Å². The zero-order chi connectivity index (χ0) is 13.4. The van der Waals surface area contributed by atoms with Crippen molar-refractivity contribution in [2.24, 2.45) is 0 Å². The van der Waals surface area contributed by atoms with E-state index in [2.05, 4.69) is 9.97 Å². The molecule has 1 saturated carbocycles. The van der Waals surface area contributed by atoms with Crippen molar-refractivity contribution in [3.8, 4) is 0 Å². The van der Waals surface area contributed by atoms with E-state index in [1.807, 2.05) is 11.8 Å². The molecule has 0 aromatic carbocycles. The average Bonchev–Trinajstić information content (AvgIpc) is 3.23. The smallest absolute Gasteiger partial charge is 0.252 e. The zero-order valence-corrected chi connectivity index (χ0v) is 11.0. The highest BCUT2D eigenvalue weighted by molar-refractivity contribution is 5.40. The van der Waals surface area contributed by atoms with E-state index in [1.165, 1.54) is 6.07 Å². The fraction of sp³-hybridized carbons (Fsp3) is 0.692. The van der Waals surface area contributed by atoms with Crippen molar-refractivity contribution < 1.29 is 9.84 Å². The van der Waals surface area contributed by atoms with Crippen molar-refractivity contribution in [1.29, 1.82) is 0 Å². The molecule has 1 aliphatic heterocycles. The van der Waals surface area contributed by atoms with Gasteiger partial charge in [0.15, 0.2) is 0 Å². The Hall–Kier alpha value is -1.40. The Labute approximate surface area is 111 Å². The van der Waals surface area contributed by atoms with Gasteiger partial charge >= 0.3 is 0 Å². The van der Waals surface area contributed by atoms with Gasteiger partial charge in [-0.2, -0.15) is 0 Å². The Morgan fingerprint density at radius 2 is 2.37 bits per heavy atom. The lowest BCUT2D eigenvalue weighted by Crippen LogP contribution is -2.50. The molecule has 1 aliphatic carbocycles. The van der Waals surface area contributed by atoms with Gasteiger partial charge in [-0.25, -0.2) is 4.98 Å². The number of nitrogens with one attached hydrogen (secondary N) is 1. The molecule has 0 amide bonds. The van der Waals surface area contributed by atoms with Crippen LogP contribution in [0.25, 0.3) is 0 Å². The van der Waals surface area contributed by atoms with E-state index in [0.717, 1.165) is 18.7 Å². The largest absolute Gasteiger partial charge is 0.394 e. The number of aliphatic hydroxyl groups is 1. The summed E-state index contributed by atoms with van der Waals surface area (Å²) in [5.74, 6) is 1.90. The van der Waals surface area contributed by atoms with Crippen molar-refractivity contribution in [2.75, 3.05) is 24.7 Å². The molecule has 3 rings (SSSR count). The summed E-state index contributed by atoms with van der Waals surface area (Å²) in [6, 6.07) is 1.69. The number of morpholine rings is 1. The molecule has 0 spiro atoms. The number of hydrogen-bond donors (Lipinski definition) is 2. The maximum atomic E-state index is 11.7. The molecule has 0 bridgehead atoms. The van der Waals surface area contributed by atoms with Crippen molar-refractivity contribution in [3.05, 3.63) is 22.2 Å². The van der Waals surface area contributed by atoms with E-state index < -0.39 is 0 Å². The molecule has 2 aliphatic rings. The lowest BCUT2D eigenvalue weighted by Gasteiger charge is -2.38. The van der Waals surface area contributed by atoms with Gasteiger partial charge in [0.25, 0.3) is 5.56 Å². The SMILES string of the molecule is CC1COC(CO)CN1c1cc(=O)[nH]c(C2CC2)n1. The molecule has 1 saturated heterocycles. The van der Waals surface area contributed by atoms with E-state index in [0.29, 0.717) is 24.9 Å². The monoisotopic (exact) mass is 265 g/mol. The third-order valence-corrected chi connectivity index (χ3v) is 3.71. The van der Waals surface area contributed by atoms with E-state index in [9.17, 15) is 9.90 Å². The molecule has 6 heteroatoms. The van der Waals surface area contributed by atoms with Gasteiger partial charge in [-0.1, -0.05) is 0 Å². The highest BCUT2D eigenvalue weighted by atomic mass is 16.5. The summed E-state index contributed by atoms with van der Waals surface area (Å²) in [6.07, 6.45) is 2.00. The highest BCUT2D eigenvalue weighted by Crippen LogP contribution is 2.38. The van der Waals surface area contributed by atoms with Gasteiger partial charge in [0.2, 0.25) is 0 Å². The number of H-pyrrole nitrogens is 1. The topological polar surface area (TPSA) is 78.5 Å². The average molecular weight is 265 g/mol. The molecule has 2 fully saturated rings. The zero-order valence-electron chi connectivity index (χ0n) is 11.0. The molecule has 2 N–H and O–H groups in total. The van der Waals surface area contributed by atoms with E-state index in [1.54, 1.807) is 0 Å². The van der Waals surface area contributed by atoms with Gasteiger partial charge in [0, 0.05) is 18.5 Å². The number of anilines is 1. The second kappa shape index (κ2) is 4.94. The third kappa shape index (κ3) is 2.64. The minimum absolute atomic E-state index is 0.0120. The summed E-state index contributed by atoms with van der Waals surface area (Å²) in [4.78, 5) is 21.2. The normalized spacial score (nSPS) is 27.6. The summed E-state index contributed by atoms with van der Waals surface area (Å²) < 4.78 is 5.51. The van der Waals surface area contributed by atoms with E-state index in [4.69, 9.17) is 4.74 Å². The minimum atomic E-state index is -0.207. The van der Waals surface area contributed by atoms with Gasteiger partial charge < -0.3 is 19.7 Å². The number of rotatable bonds is 3. The number of ether oxygens (including phenoxy) is 1. The molecule has 0 radical (unpaired) electrons. The van der Waals surface area contributed by atoms with Crippen LogP contribution in [0.4, 0.5) is 5.82 Å². The van der Waals surface area contributed by atoms with Gasteiger partial charge in [0.1, 0.15) is 11.6 Å². The number of nitrogens with zero attached hydrogens (tertiary/aromatic N) is 2. The Kier molecular flexibility index (Phi) is 3.28. The molecule has 19 heavy (non-hydrogen) atoms. The number of aromatic nitrogens is 2. The molecular formula is C13H19N3O3. The predicted octanol–water partition coefficient (Wildman–Crippen LogP) is 0.233. The maximum Gasteiger partial charge on any atom is 0.252 e. The molecule has 1 aromatic rings. The van der Waals surface area contributed by atoms with Gasteiger partial charge in [-0.15, -0.1) is 0 Å². The van der Waals surface area contributed by atoms with E-state index in [-0.39, 0.29) is 24.3 Å². The highest BCUT2D eigenvalue weighted by Gasteiger charge is 2.30. The second-order valence-electron chi connectivity index (χ2n) is 5.40. The van der Waals surface area contributed by atoms with Crippen LogP contribution in [0.3, 0.4) is 0 Å². The first kappa shape index (κ1) is 12.6. The van der Waals surface area contributed by atoms with Crippen LogP contribution in [0.1, 0.15) is 31.5 Å². The predicted molar refractivity (Wildman–Crippen MR) is 70.5 cm³/mol. The first-order chi connectivity index (χ1) is 9.17. The summed E-state index contributed by atoms with van der Waals surface area (Å²) in [5.41, 5.74) is -0.105. The van der Waals surface area contributed by atoms with Crippen LogP contribution in [0.2, 0.25) is 0 Å². The van der Waals surface area contributed by atoms with Crippen molar-refractivity contribution in [1.82, 2.24) is 9.97 Å². The van der Waals surface area contributed by atoms with Crippen LogP contribution in [0.5, 0.6) is 0 Å². The van der Waals surface area contributed by atoms with Crippen LogP contribution in [0, 0.1) is 0 Å². The minimum Gasteiger partial charge on any atom is -0.394 e. The van der Waals surface area contributed by atoms with Gasteiger partial charge in [-0.05, 0) is 19.8 Å². The first-order valence-electron chi connectivity index (χ1n) is 6.77. The summed E-state index contributed by atoms with van der Waals surface area (Å²) in [5, 5.41) is 9.21. The summed E-state index contributed by atoms with van der Waals surface area (Å²) >= 11 is 0. The fourth-order valence-electron chi connectivity index (χ4n) is 2.41. The molecule has 104 valence electrons. The van der Waals surface area contributed by atoms with Crippen LogP contribution >= 0.6 is 0 Å². The molecule has 2 heterocycles. The molecule has 6 nitrogen and oxygen atoms in total. The third-order valence-electron chi connectivity index (χ3n) is 3.71. The Bertz CT molecular complexity index is 512. The molecular weight excluding hydrogens is 246 g/mol. The van der Waals surface area contributed by atoms with Crippen LogP contribution in [-0.2, 0) is 4.74 Å². The number of aromatic amines is 1. The molecule has 2 atom stereocenters. The van der Waals surface area contributed by atoms with Crippen molar-refractivity contribution in [2.45, 2.75) is 37.8 Å². The second-order valence-corrected chi connectivity index (χ2v) is 5.40. The maximum absolute atomic E-state index is 11.7. The Morgan fingerprint density at radius 1 is 1.58 bits per heavy atom. The van der Waals surface area contributed by atoms with Gasteiger partial charge in [0.05, 0.1) is 25.4 Å². The molecule has 1 aromatic heterocycles. The Balaban J connectivity index is 1.89. The lowest BCUT2D eigenvalue weighted by molar-refractivity contribution is -0.0106. The summed E-state index contributed by atoms with van der Waals surface area (Å²) in [7, 11) is 0. The quantitative estimate of drug-likeness (QED) is 0.818. The fourth-order valence-corrected chi connectivity index (χ4v) is 2.41. The number of hydrogen-bond acceptors (Lipinski definition) is 5. The first-order valence-corrected chi connectivity index (χ1v) is 6.77. The standard InChI is InChI=1S/C13H19N3O3/c1-8-7-19-10(6-17)5-16(8)11-4-12(18)15-13(14-11)9-2-3-9/h4,8-10,17H,2-3,5-7H2,1H3,(H,14,15,18). The van der Waals surface area contributed by atoms with Gasteiger partial charge in [-0.3, -0.25) is 4.79 Å². The van der Waals surface area contributed by atoms with Crippen molar-refractivity contribution >= 4 is 5.82 Å². The summed E-state index contributed by atoms with van der Waals surface area (Å²) in [6.45, 7) is 3.13. The van der Waals surface area contributed by atoms with Crippen molar-refractivity contribution in [3.63, 3.8) is 0 Å². The Morgan fingerprint density at radius 3 is 3.05 bits per heavy atom. The lowest BCUT2D eigenvalue weighted by atomic mass is 10.2. The number of aliphatic hydroxyl groups excluding tert-OH is 1. The van der Waals surface area contributed by atoms with Crippen LogP contribution < -0.4 is 10.5 Å². The van der Waals surface area contributed by atoms with Crippen LogP contribution in [-0.4, -0.2) is 47.0 Å². The molecule has 2 unspecified atom stereocenters. The van der Waals surface area contributed by atoms with Crippen LogP contribution in [0.15, 0.2) is 10.9 Å².